The van der Waals surface area contributed by atoms with Crippen LogP contribution in [0.5, 0.6) is 0 Å². The van der Waals surface area contributed by atoms with E-state index in [9.17, 15) is 14.4 Å². The molecule has 1 aromatic rings. The van der Waals surface area contributed by atoms with E-state index in [1.807, 2.05) is 36.4 Å². The highest BCUT2D eigenvalue weighted by Crippen LogP contribution is 2.67. The number of hydrogen-bond donors (Lipinski definition) is 0. The molecule has 4 fully saturated rings. The number of benzene rings is 1. The first kappa shape index (κ1) is 21.5. The lowest BCUT2D eigenvalue weighted by Crippen LogP contribution is -2.66. The molecule has 5 aliphatic rings. The van der Waals surface area contributed by atoms with Gasteiger partial charge in [0.25, 0.3) is 0 Å². The van der Waals surface area contributed by atoms with Gasteiger partial charge in [0.05, 0.1) is 6.61 Å². The molecule has 0 N–H and O–H groups in total. The van der Waals surface area contributed by atoms with E-state index in [4.69, 9.17) is 9.31 Å². The van der Waals surface area contributed by atoms with Gasteiger partial charge in [-0.25, -0.2) is 0 Å². The van der Waals surface area contributed by atoms with Gasteiger partial charge in [0.1, 0.15) is 11.4 Å². The van der Waals surface area contributed by atoms with Crippen molar-refractivity contribution in [2.24, 2.45) is 28.6 Å². The summed E-state index contributed by atoms with van der Waals surface area (Å²) in [5.41, 5.74) is 0.353. The summed E-state index contributed by atoms with van der Waals surface area (Å²) in [6, 6.07) is 9.77. The Balaban J connectivity index is 1.37. The van der Waals surface area contributed by atoms with Crippen LogP contribution in [0.15, 0.2) is 42.0 Å². The molecule has 1 aromatic carbocycles. The van der Waals surface area contributed by atoms with E-state index in [2.05, 4.69) is 13.8 Å². The van der Waals surface area contributed by atoms with Crippen LogP contribution in [0.4, 0.5) is 0 Å². The maximum Gasteiger partial charge on any atom is 0.494 e. The van der Waals surface area contributed by atoms with Crippen LogP contribution in [0.2, 0.25) is 0 Å². The molecule has 172 valence electrons. The molecule has 1 aliphatic heterocycles. The van der Waals surface area contributed by atoms with Gasteiger partial charge in [-0.3, -0.25) is 14.4 Å². The zero-order chi connectivity index (χ0) is 23.0. The molecule has 5 nitrogen and oxygen atoms in total. The third-order valence-corrected chi connectivity index (χ3v) is 9.97. The monoisotopic (exact) mass is 446 g/mol. The molecule has 3 saturated carbocycles. The normalized spacial score (nSPS) is 42.6. The molecule has 1 spiro atoms. The van der Waals surface area contributed by atoms with Gasteiger partial charge < -0.3 is 9.31 Å². The van der Waals surface area contributed by atoms with Gasteiger partial charge in [-0.2, -0.15) is 0 Å². The Labute approximate surface area is 195 Å². The summed E-state index contributed by atoms with van der Waals surface area (Å²) in [6.45, 7) is 4.36. The van der Waals surface area contributed by atoms with Gasteiger partial charge >= 0.3 is 7.12 Å². The lowest BCUT2D eigenvalue weighted by molar-refractivity contribution is -0.173. The average molecular weight is 446 g/mol. The average Bonchev–Trinajstić information content (AvgIpc) is 3.08. The van der Waals surface area contributed by atoms with Crippen LogP contribution in [0.1, 0.15) is 58.8 Å². The molecule has 6 atom stereocenters. The summed E-state index contributed by atoms with van der Waals surface area (Å²) < 4.78 is 12.4. The molecule has 0 bridgehead atoms. The summed E-state index contributed by atoms with van der Waals surface area (Å²) in [5.74, 6) is 0.870. The Morgan fingerprint density at radius 3 is 2.58 bits per heavy atom. The molecule has 0 aromatic heterocycles. The first-order valence-corrected chi connectivity index (χ1v) is 12.4. The van der Waals surface area contributed by atoms with Crippen molar-refractivity contribution in [2.45, 2.75) is 64.4 Å². The predicted octanol–water partition coefficient (Wildman–Crippen LogP) is 3.45. The highest BCUT2D eigenvalue weighted by molar-refractivity contribution is 6.62. The molecule has 0 radical (unpaired) electrons. The molecule has 1 heterocycles. The largest absolute Gasteiger partial charge is 0.494 e. The van der Waals surface area contributed by atoms with E-state index < -0.39 is 18.1 Å². The molecule has 4 aliphatic carbocycles. The minimum absolute atomic E-state index is 0.0169. The molecular formula is C27H31BO5. The quantitative estimate of drug-likeness (QED) is 0.619. The Morgan fingerprint density at radius 1 is 1.00 bits per heavy atom. The fraction of sp³-hybridized carbons (Fsp3) is 0.593. The molecule has 0 amide bonds. The van der Waals surface area contributed by atoms with Crippen molar-refractivity contribution in [3.8, 4) is 0 Å². The van der Waals surface area contributed by atoms with E-state index in [-0.39, 0.29) is 47.1 Å². The Hall–Kier alpha value is -2.05. The van der Waals surface area contributed by atoms with Crippen LogP contribution in [0.3, 0.4) is 0 Å². The summed E-state index contributed by atoms with van der Waals surface area (Å²) in [7, 11) is -0.588. The number of carbonyl (C=O) groups is 3. The highest BCUT2D eigenvalue weighted by Gasteiger charge is 2.70. The van der Waals surface area contributed by atoms with Gasteiger partial charge in [0.15, 0.2) is 11.6 Å². The second-order valence-corrected chi connectivity index (χ2v) is 11.4. The van der Waals surface area contributed by atoms with Gasteiger partial charge in [-0.1, -0.05) is 49.8 Å². The number of allylic oxidation sites excluding steroid dienone is 1. The van der Waals surface area contributed by atoms with Crippen LogP contribution in [0, 0.1) is 28.6 Å². The number of rotatable bonds is 1. The summed E-state index contributed by atoms with van der Waals surface area (Å²) in [6.07, 6.45) is 6.81. The van der Waals surface area contributed by atoms with Crippen molar-refractivity contribution in [3.63, 3.8) is 0 Å². The summed E-state index contributed by atoms with van der Waals surface area (Å²) in [5, 5.41) is 0. The number of Topliss-reactive ketones (excluding diaryl/α,β-unsaturated/α-hetero) is 2. The molecule has 1 saturated heterocycles. The fourth-order valence-electron chi connectivity index (χ4n) is 8.35. The van der Waals surface area contributed by atoms with Crippen LogP contribution in [-0.2, 0) is 23.7 Å². The van der Waals surface area contributed by atoms with E-state index in [0.29, 0.717) is 19.3 Å². The first-order chi connectivity index (χ1) is 15.8. The number of fused-ring (bicyclic) bond motifs is 6. The topological polar surface area (TPSA) is 69.7 Å². The zero-order valence-electron chi connectivity index (χ0n) is 19.5. The van der Waals surface area contributed by atoms with Gasteiger partial charge in [-0.15, -0.1) is 0 Å². The van der Waals surface area contributed by atoms with Gasteiger partial charge in [0.2, 0.25) is 0 Å². The van der Waals surface area contributed by atoms with E-state index in [1.165, 1.54) is 5.57 Å². The first-order valence-electron chi connectivity index (χ1n) is 12.4. The molecule has 33 heavy (non-hydrogen) atoms. The Kier molecular flexibility index (Phi) is 4.70. The van der Waals surface area contributed by atoms with Gasteiger partial charge in [-0.05, 0) is 60.9 Å². The maximum absolute atomic E-state index is 13.9. The lowest BCUT2D eigenvalue weighted by Gasteiger charge is -2.59. The SMILES string of the molecule is CC12CCC(=O)C=C1CCC1C2C(=O)CC2(C)C1CCC21OB(c2ccccc2)OCC1=O. The lowest BCUT2D eigenvalue weighted by atomic mass is 9.45. The highest BCUT2D eigenvalue weighted by atomic mass is 16.6. The predicted molar refractivity (Wildman–Crippen MR) is 124 cm³/mol. The zero-order valence-corrected chi connectivity index (χ0v) is 19.5. The maximum atomic E-state index is 13.9. The van der Waals surface area contributed by atoms with Crippen LogP contribution >= 0.6 is 0 Å². The smallest absolute Gasteiger partial charge is 0.400 e. The van der Waals surface area contributed by atoms with Crippen molar-refractivity contribution in [2.75, 3.05) is 6.61 Å². The number of ketones is 3. The van der Waals surface area contributed by atoms with E-state index in [1.54, 1.807) is 0 Å². The Bertz CT molecular complexity index is 1070. The second-order valence-electron chi connectivity index (χ2n) is 11.4. The third kappa shape index (κ3) is 2.83. The van der Waals surface area contributed by atoms with E-state index >= 15 is 0 Å². The molecule has 6 unspecified atom stereocenters. The van der Waals surface area contributed by atoms with Crippen molar-refractivity contribution < 1.29 is 23.7 Å². The van der Waals surface area contributed by atoms with Crippen LogP contribution in [0.25, 0.3) is 0 Å². The molecule has 6 heteroatoms. The van der Waals surface area contributed by atoms with Crippen molar-refractivity contribution in [3.05, 3.63) is 42.0 Å². The molecule has 6 rings (SSSR count). The minimum Gasteiger partial charge on any atom is -0.400 e. The second kappa shape index (κ2) is 7.23. The Morgan fingerprint density at radius 2 is 1.79 bits per heavy atom. The summed E-state index contributed by atoms with van der Waals surface area (Å²) >= 11 is 0. The van der Waals surface area contributed by atoms with Crippen LogP contribution < -0.4 is 5.46 Å². The standard InChI is InChI=1S/C27H31BO5/c1-25-12-10-19(29)14-17(25)8-9-20-21-11-13-27(26(21,2)15-22(30)24(20)25)23(31)16-32-28(33-27)18-6-4-3-5-7-18/h3-7,14,20-21,24H,8-13,15-16H2,1-2H3. The number of hydrogen-bond acceptors (Lipinski definition) is 5. The van der Waals surface area contributed by atoms with Crippen molar-refractivity contribution in [1.82, 2.24) is 0 Å². The van der Waals surface area contributed by atoms with Crippen molar-refractivity contribution >= 4 is 29.9 Å². The van der Waals surface area contributed by atoms with E-state index in [0.717, 1.165) is 31.1 Å². The minimum atomic E-state index is -0.976. The fourth-order valence-corrected chi connectivity index (χ4v) is 8.35. The van der Waals surface area contributed by atoms with Crippen molar-refractivity contribution in [1.29, 1.82) is 0 Å². The van der Waals surface area contributed by atoms with Crippen LogP contribution in [-0.4, -0.2) is 36.7 Å². The number of carbonyl (C=O) groups excluding carboxylic acids is 3. The summed E-state index contributed by atoms with van der Waals surface area (Å²) in [4.78, 5) is 39.4. The molecular weight excluding hydrogens is 415 g/mol. The van der Waals surface area contributed by atoms with Gasteiger partial charge in [0, 0.05) is 24.2 Å². The third-order valence-electron chi connectivity index (χ3n) is 9.97.